The predicted molar refractivity (Wildman–Crippen MR) is 77.4 cm³/mol. The first kappa shape index (κ1) is 15.5. The van der Waals surface area contributed by atoms with Crippen molar-refractivity contribution < 1.29 is 9.53 Å². The molecule has 1 aromatic rings. The number of hydrogen-bond acceptors (Lipinski definition) is 3. The van der Waals surface area contributed by atoms with Gasteiger partial charge in [0.2, 0.25) is 0 Å². The third kappa shape index (κ3) is 4.56. The van der Waals surface area contributed by atoms with Gasteiger partial charge < -0.3 is 15.8 Å². The number of carbonyl (C=O) groups excluding carboxylic acids is 1. The van der Waals surface area contributed by atoms with Crippen molar-refractivity contribution >= 4 is 5.91 Å². The molecule has 0 aliphatic carbocycles. The van der Waals surface area contributed by atoms with E-state index in [4.69, 9.17) is 10.5 Å². The number of nitrogens with one attached hydrogen (secondary N) is 1. The van der Waals surface area contributed by atoms with E-state index in [1.54, 1.807) is 12.1 Å². The fraction of sp³-hybridized carbons (Fsp3) is 0.533. The van der Waals surface area contributed by atoms with Gasteiger partial charge in [-0.3, -0.25) is 4.79 Å². The highest BCUT2D eigenvalue weighted by Crippen LogP contribution is 2.14. The molecule has 0 bridgehead atoms. The van der Waals surface area contributed by atoms with Gasteiger partial charge in [-0.25, -0.2) is 0 Å². The van der Waals surface area contributed by atoms with E-state index in [1.807, 2.05) is 32.9 Å². The summed E-state index contributed by atoms with van der Waals surface area (Å²) in [6, 6.07) is 7.17. The molecule has 1 amide bonds. The summed E-state index contributed by atoms with van der Waals surface area (Å²) in [5.74, 6) is 0.596. The Morgan fingerprint density at radius 1 is 1.32 bits per heavy atom. The van der Waals surface area contributed by atoms with Crippen LogP contribution >= 0.6 is 0 Å². The fourth-order valence-corrected chi connectivity index (χ4v) is 1.75. The largest absolute Gasteiger partial charge is 0.494 e. The molecule has 19 heavy (non-hydrogen) atoms. The summed E-state index contributed by atoms with van der Waals surface area (Å²) in [5, 5.41) is 2.89. The summed E-state index contributed by atoms with van der Waals surface area (Å²) in [7, 11) is 0. The lowest BCUT2D eigenvalue weighted by atomic mass is 9.94. The van der Waals surface area contributed by atoms with Crippen LogP contribution in [-0.4, -0.2) is 24.6 Å². The zero-order valence-corrected chi connectivity index (χ0v) is 12.0. The zero-order valence-electron chi connectivity index (χ0n) is 12.0. The van der Waals surface area contributed by atoms with Crippen LogP contribution in [0.2, 0.25) is 0 Å². The molecule has 0 fully saturated rings. The van der Waals surface area contributed by atoms with Gasteiger partial charge in [0.15, 0.2) is 0 Å². The monoisotopic (exact) mass is 264 g/mol. The van der Waals surface area contributed by atoms with Gasteiger partial charge in [0.05, 0.1) is 6.61 Å². The quantitative estimate of drug-likeness (QED) is 0.794. The molecular weight excluding hydrogens is 240 g/mol. The Kier molecular flexibility index (Phi) is 5.83. The van der Waals surface area contributed by atoms with Crippen molar-refractivity contribution in [1.29, 1.82) is 0 Å². The molecular formula is C15H24N2O2. The van der Waals surface area contributed by atoms with Crippen LogP contribution in [0, 0.1) is 0 Å². The van der Waals surface area contributed by atoms with Crippen molar-refractivity contribution in [2.24, 2.45) is 5.73 Å². The molecule has 4 heteroatoms. The summed E-state index contributed by atoms with van der Waals surface area (Å²) in [6.45, 7) is 7.05. The fourth-order valence-electron chi connectivity index (χ4n) is 1.75. The first-order chi connectivity index (χ1) is 9.04. The third-order valence-electron chi connectivity index (χ3n) is 3.42. The van der Waals surface area contributed by atoms with E-state index in [0.717, 1.165) is 12.8 Å². The normalized spacial score (nSPS) is 11.2. The number of nitrogens with two attached hydrogens (primary N) is 1. The standard InChI is InChI=1S/C15H24N2O2/c1-4-15(16,5-2)11-17-14(18)12-8-7-9-13(10-12)19-6-3/h7-10H,4-6,11,16H2,1-3H3,(H,17,18). The Labute approximate surface area is 115 Å². The minimum Gasteiger partial charge on any atom is -0.494 e. The van der Waals surface area contributed by atoms with E-state index in [0.29, 0.717) is 24.5 Å². The van der Waals surface area contributed by atoms with Gasteiger partial charge >= 0.3 is 0 Å². The smallest absolute Gasteiger partial charge is 0.251 e. The number of hydrogen-bond donors (Lipinski definition) is 2. The topological polar surface area (TPSA) is 64.3 Å². The van der Waals surface area contributed by atoms with Gasteiger partial charge in [0, 0.05) is 17.6 Å². The minimum absolute atomic E-state index is 0.113. The highest BCUT2D eigenvalue weighted by Gasteiger charge is 2.21. The lowest BCUT2D eigenvalue weighted by Crippen LogP contribution is -2.49. The van der Waals surface area contributed by atoms with Crippen LogP contribution in [0.15, 0.2) is 24.3 Å². The third-order valence-corrected chi connectivity index (χ3v) is 3.42. The molecule has 0 radical (unpaired) electrons. The predicted octanol–water partition coefficient (Wildman–Crippen LogP) is 2.33. The Morgan fingerprint density at radius 2 is 2.00 bits per heavy atom. The van der Waals surface area contributed by atoms with Crippen molar-refractivity contribution in [2.75, 3.05) is 13.2 Å². The molecule has 4 nitrogen and oxygen atoms in total. The molecule has 0 heterocycles. The van der Waals surface area contributed by atoms with Gasteiger partial charge in [0.1, 0.15) is 5.75 Å². The maximum atomic E-state index is 12.1. The highest BCUT2D eigenvalue weighted by atomic mass is 16.5. The van der Waals surface area contributed by atoms with Crippen molar-refractivity contribution in [3.05, 3.63) is 29.8 Å². The Hall–Kier alpha value is -1.55. The summed E-state index contributed by atoms with van der Waals surface area (Å²) in [4.78, 5) is 12.1. The van der Waals surface area contributed by atoms with Crippen molar-refractivity contribution in [3.63, 3.8) is 0 Å². The summed E-state index contributed by atoms with van der Waals surface area (Å²) >= 11 is 0. The first-order valence-corrected chi connectivity index (χ1v) is 6.84. The maximum Gasteiger partial charge on any atom is 0.251 e. The van der Waals surface area contributed by atoms with E-state index in [-0.39, 0.29) is 11.4 Å². The number of carbonyl (C=O) groups is 1. The average molecular weight is 264 g/mol. The van der Waals surface area contributed by atoms with E-state index in [1.165, 1.54) is 0 Å². The maximum absolute atomic E-state index is 12.1. The molecule has 106 valence electrons. The molecule has 1 rings (SSSR count). The molecule has 0 spiro atoms. The number of amides is 1. The second-order valence-electron chi connectivity index (χ2n) is 4.71. The second kappa shape index (κ2) is 7.14. The molecule has 0 aromatic heterocycles. The van der Waals surface area contributed by atoms with Crippen LogP contribution < -0.4 is 15.8 Å². The molecule has 0 atom stereocenters. The Bertz CT molecular complexity index is 414. The molecule has 0 saturated heterocycles. The molecule has 0 aliphatic heterocycles. The van der Waals surface area contributed by atoms with E-state index in [2.05, 4.69) is 5.32 Å². The number of benzene rings is 1. The zero-order chi connectivity index (χ0) is 14.3. The van der Waals surface area contributed by atoms with Crippen LogP contribution in [-0.2, 0) is 0 Å². The van der Waals surface area contributed by atoms with E-state index >= 15 is 0 Å². The Balaban J connectivity index is 2.65. The van der Waals surface area contributed by atoms with Crippen molar-refractivity contribution in [3.8, 4) is 5.75 Å². The average Bonchev–Trinajstić information content (AvgIpc) is 2.45. The van der Waals surface area contributed by atoms with Crippen LogP contribution in [0.4, 0.5) is 0 Å². The summed E-state index contributed by atoms with van der Waals surface area (Å²) < 4.78 is 5.38. The SMILES string of the molecule is CCOc1cccc(C(=O)NCC(N)(CC)CC)c1. The summed E-state index contributed by atoms with van der Waals surface area (Å²) in [6.07, 6.45) is 1.67. The second-order valence-corrected chi connectivity index (χ2v) is 4.71. The van der Waals surface area contributed by atoms with Gasteiger partial charge in [-0.15, -0.1) is 0 Å². The molecule has 0 saturated carbocycles. The number of rotatable bonds is 7. The van der Waals surface area contributed by atoms with E-state index in [9.17, 15) is 4.79 Å². The van der Waals surface area contributed by atoms with Crippen LogP contribution in [0.25, 0.3) is 0 Å². The minimum atomic E-state index is -0.326. The van der Waals surface area contributed by atoms with Crippen LogP contribution in [0.3, 0.4) is 0 Å². The van der Waals surface area contributed by atoms with Crippen LogP contribution in [0.1, 0.15) is 44.0 Å². The van der Waals surface area contributed by atoms with Crippen molar-refractivity contribution in [1.82, 2.24) is 5.32 Å². The van der Waals surface area contributed by atoms with Crippen LogP contribution in [0.5, 0.6) is 5.75 Å². The van der Waals surface area contributed by atoms with Gasteiger partial charge in [0.25, 0.3) is 5.91 Å². The Morgan fingerprint density at radius 3 is 2.58 bits per heavy atom. The van der Waals surface area contributed by atoms with E-state index < -0.39 is 0 Å². The van der Waals surface area contributed by atoms with Gasteiger partial charge in [-0.1, -0.05) is 19.9 Å². The summed E-state index contributed by atoms with van der Waals surface area (Å²) in [5.41, 5.74) is 6.43. The molecule has 0 aliphatic rings. The van der Waals surface area contributed by atoms with Crippen molar-refractivity contribution in [2.45, 2.75) is 39.2 Å². The number of ether oxygens (including phenoxy) is 1. The molecule has 0 unspecified atom stereocenters. The molecule has 3 N–H and O–H groups in total. The van der Waals surface area contributed by atoms with Gasteiger partial charge in [-0.05, 0) is 38.0 Å². The lowest BCUT2D eigenvalue weighted by molar-refractivity contribution is 0.0941. The highest BCUT2D eigenvalue weighted by molar-refractivity contribution is 5.94. The molecule has 1 aromatic carbocycles. The first-order valence-electron chi connectivity index (χ1n) is 6.84. The van der Waals surface area contributed by atoms with Gasteiger partial charge in [-0.2, -0.15) is 0 Å². The lowest BCUT2D eigenvalue weighted by Gasteiger charge is -2.26.